The number of nitro benzene ring substituents is 1. The van der Waals surface area contributed by atoms with Crippen molar-refractivity contribution in [2.45, 2.75) is 0 Å². The maximum absolute atomic E-state index is 12.3. The molecule has 0 bridgehead atoms. The maximum atomic E-state index is 12.3. The quantitative estimate of drug-likeness (QED) is 0.456. The number of carbonyl (C=O) groups is 2. The first-order valence-corrected chi connectivity index (χ1v) is 7.05. The van der Waals surface area contributed by atoms with Gasteiger partial charge in [-0.15, -0.1) is 0 Å². The molecule has 0 saturated heterocycles. The van der Waals surface area contributed by atoms with Crippen molar-refractivity contribution in [3.8, 4) is 0 Å². The number of nitrogens with zero attached hydrogens (tertiary/aromatic N) is 1. The fourth-order valence-electron chi connectivity index (χ4n) is 1.77. The summed E-state index contributed by atoms with van der Waals surface area (Å²) < 4.78 is 0.760. The van der Waals surface area contributed by atoms with Crippen LogP contribution in [0.1, 0.15) is 20.7 Å². The van der Waals surface area contributed by atoms with Gasteiger partial charge in [0.2, 0.25) is 0 Å². The van der Waals surface area contributed by atoms with Gasteiger partial charge in [-0.1, -0.05) is 12.1 Å². The molecule has 0 unspecified atom stereocenters. The number of benzene rings is 2. The normalized spacial score (nSPS) is 10.0. The highest BCUT2D eigenvalue weighted by atomic mass is 127. The molecule has 22 heavy (non-hydrogen) atoms. The molecule has 0 atom stereocenters. The number of carboxylic acid groups (broad SMARTS) is 1. The summed E-state index contributed by atoms with van der Waals surface area (Å²) in [7, 11) is 0. The molecule has 2 rings (SSSR count). The number of amides is 1. The van der Waals surface area contributed by atoms with Crippen molar-refractivity contribution < 1.29 is 19.6 Å². The van der Waals surface area contributed by atoms with E-state index in [1.807, 2.05) is 22.6 Å². The Morgan fingerprint density at radius 1 is 1.14 bits per heavy atom. The average Bonchev–Trinajstić information content (AvgIpc) is 2.48. The van der Waals surface area contributed by atoms with Gasteiger partial charge >= 0.3 is 5.97 Å². The molecule has 0 saturated carbocycles. The number of anilines is 1. The number of non-ortho nitro benzene ring substituents is 1. The molecule has 0 aliphatic rings. The lowest BCUT2D eigenvalue weighted by Crippen LogP contribution is -2.17. The van der Waals surface area contributed by atoms with Crippen molar-refractivity contribution in [2.24, 2.45) is 0 Å². The zero-order valence-corrected chi connectivity index (χ0v) is 13.1. The number of para-hydroxylation sites is 1. The third kappa shape index (κ3) is 3.39. The Hall–Kier alpha value is -2.49. The molecule has 1 amide bonds. The van der Waals surface area contributed by atoms with E-state index >= 15 is 0 Å². The monoisotopic (exact) mass is 412 g/mol. The minimum absolute atomic E-state index is 0.263. The van der Waals surface area contributed by atoms with Gasteiger partial charge in [0.05, 0.1) is 21.7 Å². The highest BCUT2D eigenvalue weighted by Crippen LogP contribution is 2.22. The van der Waals surface area contributed by atoms with E-state index in [0.717, 1.165) is 21.8 Å². The summed E-state index contributed by atoms with van der Waals surface area (Å²) in [6.07, 6.45) is 0. The fraction of sp³-hybridized carbons (Fsp3) is 0. The van der Waals surface area contributed by atoms with Gasteiger partial charge in [0.15, 0.2) is 0 Å². The van der Waals surface area contributed by atoms with Crippen molar-refractivity contribution >= 4 is 45.8 Å². The molecule has 0 aliphatic carbocycles. The second-order valence-corrected chi connectivity index (χ2v) is 5.39. The van der Waals surface area contributed by atoms with Crippen molar-refractivity contribution in [1.82, 2.24) is 0 Å². The number of carboxylic acids is 1. The summed E-state index contributed by atoms with van der Waals surface area (Å²) in [6.45, 7) is 0. The Morgan fingerprint density at radius 3 is 2.41 bits per heavy atom. The largest absolute Gasteiger partial charge is 0.478 e. The number of rotatable bonds is 4. The van der Waals surface area contributed by atoms with Crippen LogP contribution in [0.5, 0.6) is 0 Å². The van der Waals surface area contributed by atoms with Crippen LogP contribution in [0.2, 0.25) is 0 Å². The van der Waals surface area contributed by atoms with Gasteiger partial charge in [0, 0.05) is 15.7 Å². The molecule has 7 nitrogen and oxygen atoms in total. The van der Waals surface area contributed by atoms with Crippen LogP contribution >= 0.6 is 22.6 Å². The Bertz CT molecular complexity index is 776. The fourth-order valence-corrected chi connectivity index (χ4v) is 2.29. The third-order valence-corrected chi connectivity index (χ3v) is 3.75. The molecule has 0 spiro atoms. The van der Waals surface area contributed by atoms with Crippen molar-refractivity contribution in [2.75, 3.05) is 5.32 Å². The molecule has 0 heterocycles. The van der Waals surface area contributed by atoms with Crippen LogP contribution in [0.25, 0.3) is 0 Å². The lowest BCUT2D eigenvalue weighted by Gasteiger charge is -2.09. The molecular formula is C14H9IN2O5. The molecule has 0 aliphatic heterocycles. The summed E-state index contributed by atoms with van der Waals surface area (Å²) >= 11 is 2.01. The summed E-state index contributed by atoms with van der Waals surface area (Å²) in [5, 5.41) is 22.5. The predicted molar refractivity (Wildman–Crippen MR) is 87.2 cm³/mol. The topological polar surface area (TPSA) is 110 Å². The SMILES string of the molecule is O=C(O)c1ccc([N+](=O)[O-])cc1C(=O)Nc1ccccc1I. The molecule has 0 fully saturated rings. The first kappa shape index (κ1) is 15.9. The van der Waals surface area contributed by atoms with Crippen molar-refractivity contribution in [3.63, 3.8) is 0 Å². The number of carbonyl (C=O) groups excluding carboxylic acids is 1. The molecule has 2 aromatic carbocycles. The van der Waals surface area contributed by atoms with E-state index in [-0.39, 0.29) is 16.8 Å². The van der Waals surface area contributed by atoms with E-state index in [1.54, 1.807) is 24.3 Å². The first-order chi connectivity index (χ1) is 10.4. The van der Waals surface area contributed by atoms with Crippen molar-refractivity contribution in [3.05, 3.63) is 67.3 Å². The van der Waals surface area contributed by atoms with Gasteiger partial charge < -0.3 is 10.4 Å². The number of hydrogen-bond acceptors (Lipinski definition) is 4. The number of nitrogens with one attached hydrogen (secondary N) is 1. The van der Waals surface area contributed by atoms with Crippen molar-refractivity contribution in [1.29, 1.82) is 0 Å². The zero-order chi connectivity index (χ0) is 16.3. The second-order valence-electron chi connectivity index (χ2n) is 4.23. The lowest BCUT2D eigenvalue weighted by molar-refractivity contribution is -0.384. The Kier molecular flexibility index (Phi) is 4.71. The zero-order valence-electron chi connectivity index (χ0n) is 10.9. The van der Waals surface area contributed by atoms with E-state index in [2.05, 4.69) is 5.32 Å². The minimum atomic E-state index is -1.33. The molecule has 112 valence electrons. The summed E-state index contributed by atoms with van der Waals surface area (Å²) in [5.41, 5.74) is -0.413. The predicted octanol–water partition coefficient (Wildman–Crippen LogP) is 3.15. The van der Waals surface area contributed by atoms with Gasteiger partial charge in [-0.3, -0.25) is 14.9 Å². The Labute approximate surface area is 138 Å². The van der Waals surface area contributed by atoms with Crippen LogP contribution in [-0.4, -0.2) is 21.9 Å². The van der Waals surface area contributed by atoms with Crippen LogP contribution in [0.3, 0.4) is 0 Å². The number of aromatic carboxylic acids is 1. The third-order valence-electron chi connectivity index (χ3n) is 2.81. The van der Waals surface area contributed by atoms with E-state index < -0.39 is 16.8 Å². The standard InChI is InChI=1S/C14H9IN2O5/c15-11-3-1-2-4-12(11)16-13(18)10-7-8(17(21)22)5-6-9(10)14(19)20/h1-7H,(H,16,18)(H,19,20). The maximum Gasteiger partial charge on any atom is 0.336 e. The average molecular weight is 412 g/mol. The van der Waals surface area contributed by atoms with Gasteiger partial charge in [0.25, 0.3) is 11.6 Å². The molecule has 8 heteroatoms. The van der Waals surface area contributed by atoms with E-state index in [9.17, 15) is 19.7 Å². The Balaban J connectivity index is 2.43. The number of hydrogen-bond donors (Lipinski definition) is 2. The van der Waals surface area contributed by atoms with Crippen LogP contribution < -0.4 is 5.32 Å². The van der Waals surface area contributed by atoms with Crippen LogP contribution in [-0.2, 0) is 0 Å². The van der Waals surface area contributed by atoms with E-state index in [0.29, 0.717) is 5.69 Å². The first-order valence-electron chi connectivity index (χ1n) is 5.97. The molecular weight excluding hydrogens is 403 g/mol. The van der Waals surface area contributed by atoms with E-state index in [4.69, 9.17) is 5.11 Å². The molecule has 2 aromatic rings. The lowest BCUT2D eigenvalue weighted by atomic mass is 10.1. The molecule has 0 radical (unpaired) electrons. The smallest absolute Gasteiger partial charge is 0.336 e. The van der Waals surface area contributed by atoms with Gasteiger partial charge in [0.1, 0.15) is 0 Å². The van der Waals surface area contributed by atoms with E-state index in [1.165, 1.54) is 0 Å². The molecule has 0 aromatic heterocycles. The van der Waals surface area contributed by atoms with Gasteiger partial charge in [-0.2, -0.15) is 0 Å². The molecule has 2 N–H and O–H groups in total. The highest BCUT2D eigenvalue weighted by Gasteiger charge is 2.21. The minimum Gasteiger partial charge on any atom is -0.478 e. The summed E-state index contributed by atoms with van der Waals surface area (Å²) in [5.74, 6) is -2.05. The van der Waals surface area contributed by atoms with Gasteiger partial charge in [-0.05, 0) is 40.8 Å². The van der Waals surface area contributed by atoms with Crippen LogP contribution in [0.4, 0.5) is 11.4 Å². The second kappa shape index (κ2) is 6.52. The number of halogens is 1. The summed E-state index contributed by atoms with van der Waals surface area (Å²) in [4.78, 5) is 33.6. The Morgan fingerprint density at radius 2 is 1.82 bits per heavy atom. The van der Waals surface area contributed by atoms with Crippen LogP contribution in [0.15, 0.2) is 42.5 Å². The number of nitro groups is 1. The van der Waals surface area contributed by atoms with Gasteiger partial charge in [-0.25, -0.2) is 4.79 Å². The van der Waals surface area contributed by atoms with Crippen LogP contribution in [0, 0.1) is 13.7 Å². The summed E-state index contributed by atoms with van der Waals surface area (Å²) in [6, 6.07) is 9.96. The highest BCUT2D eigenvalue weighted by molar-refractivity contribution is 14.1.